The van der Waals surface area contributed by atoms with E-state index in [2.05, 4.69) is 68.7 Å². The van der Waals surface area contributed by atoms with Crippen LogP contribution in [0.2, 0.25) is 0 Å². The first-order valence-corrected chi connectivity index (χ1v) is 8.26. The number of rotatable bonds is 6. The van der Waals surface area contributed by atoms with Crippen LogP contribution in [0, 0.1) is 12.8 Å². The molecule has 0 N–H and O–H groups in total. The van der Waals surface area contributed by atoms with Gasteiger partial charge in [0.25, 0.3) is 0 Å². The van der Waals surface area contributed by atoms with Gasteiger partial charge in [0.1, 0.15) is 5.75 Å². The van der Waals surface area contributed by atoms with Gasteiger partial charge >= 0.3 is 0 Å². The molecule has 19 heavy (non-hydrogen) atoms. The summed E-state index contributed by atoms with van der Waals surface area (Å²) in [5.41, 5.74) is 2.69. The Balaban J connectivity index is 2.69. The predicted molar refractivity (Wildman–Crippen MR) is 87.6 cm³/mol. The van der Waals surface area contributed by atoms with E-state index in [0.29, 0.717) is 5.92 Å². The van der Waals surface area contributed by atoms with Crippen molar-refractivity contribution in [2.45, 2.75) is 52.9 Å². The van der Waals surface area contributed by atoms with Gasteiger partial charge in [-0.2, -0.15) is 0 Å². The maximum Gasteiger partial charge on any atom is 0.123 e. The van der Waals surface area contributed by atoms with E-state index in [1.54, 1.807) is 0 Å². The summed E-state index contributed by atoms with van der Waals surface area (Å²) >= 11 is 3.49. The van der Waals surface area contributed by atoms with E-state index in [9.17, 15) is 0 Å². The Morgan fingerprint density at radius 3 is 2.47 bits per heavy atom. The molecule has 0 radical (unpaired) electrons. The lowest BCUT2D eigenvalue weighted by atomic mass is 9.86. The van der Waals surface area contributed by atoms with E-state index in [-0.39, 0.29) is 5.41 Å². The van der Waals surface area contributed by atoms with Gasteiger partial charge in [0.15, 0.2) is 0 Å². The maximum absolute atomic E-state index is 6.05. The molecule has 1 atom stereocenters. The number of hydrogen-bond donors (Lipinski definition) is 0. The van der Waals surface area contributed by atoms with Crippen LogP contribution in [0.1, 0.15) is 51.7 Å². The highest BCUT2D eigenvalue weighted by Crippen LogP contribution is 2.32. The van der Waals surface area contributed by atoms with E-state index in [1.807, 2.05) is 0 Å². The van der Waals surface area contributed by atoms with Crippen LogP contribution in [-0.4, -0.2) is 11.9 Å². The van der Waals surface area contributed by atoms with Gasteiger partial charge in [-0.25, -0.2) is 0 Å². The van der Waals surface area contributed by atoms with Crippen LogP contribution in [0.4, 0.5) is 0 Å². The summed E-state index contributed by atoms with van der Waals surface area (Å²) in [7, 11) is 0. The second kappa shape index (κ2) is 7.33. The fraction of sp³-hybridized carbons (Fsp3) is 0.647. The van der Waals surface area contributed by atoms with Gasteiger partial charge in [0, 0.05) is 5.33 Å². The Morgan fingerprint density at radius 1 is 1.21 bits per heavy atom. The summed E-state index contributed by atoms with van der Waals surface area (Å²) in [5, 5.41) is 1.08. The van der Waals surface area contributed by atoms with Gasteiger partial charge in [-0.3, -0.25) is 0 Å². The first-order valence-electron chi connectivity index (χ1n) is 7.14. The number of benzene rings is 1. The van der Waals surface area contributed by atoms with E-state index >= 15 is 0 Å². The first kappa shape index (κ1) is 16.6. The lowest BCUT2D eigenvalue weighted by Gasteiger charge is -2.23. The Bertz CT molecular complexity index is 393. The molecule has 108 valence electrons. The molecule has 0 aromatic heterocycles. The number of ether oxygens (including phenoxy) is 1. The van der Waals surface area contributed by atoms with Gasteiger partial charge in [-0.1, -0.05) is 55.8 Å². The molecule has 0 spiro atoms. The quantitative estimate of drug-likeness (QED) is 0.628. The van der Waals surface area contributed by atoms with Crippen LogP contribution in [0.5, 0.6) is 5.75 Å². The third-order valence-electron chi connectivity index (χ3n) is 3.42. The van der Waals surface area contributed by atoms with Crippen LogP contribution < -0.4 is 4.74 Å². The van der Waals surface area contributed by atoms with Crippen LogP contribution in [-0.2, 0) is 5.41 Å². The van der Waals surface area contributed by atoms with Gasteiger partial charge in [-0.15, -0.1) is 0 Å². The van der Waals surface area contributed by atoms with Crippen molar-refractivity contribution in [2.75, 3.05) is 11.9 Å². The summed E-state index contributed by atoms with van der Waals surface area (Å²) in [5.74, 6) is 1.76. The van der Waals surface area contributed by atoms with E-state index in [0.717, 1.165) is 24.1 Å². The molecular formula is C17H27BrO. The van der Waals surface area contributed by atoms with Gasteiger partial charge < -0.3 is 4.74 Å². The molecule has 0 aliphatic rings. The van der Waals surface area contributed by atoms with Gasteiger partial charge in [0.2, 0.25) is 0 Å². The summed E-state index contributed by atoms with van der Waals surface area (Å²) in [6.07, 6.45) is 2.33. The van der Waals surface area contributed by atoms with Crippen molar-refractivity contribution in [3.63, 3.8) is 0 Å². The predicted octanol–water partition coefficient (Wildman–Crippen LogP) is 5.48. The van der Waals surface area contributed by atoms with Crippen LogP contribution in [0.3, 0.4) is 0 Å². The van der Waals surface area contributed by atoms with Crippen molar-refractivity contribution in [1.29, 1.82) is 0 Å². The molecule has 0 amide bonds. The smallest absolute Gasteiger partial charge is 0.123 e. The Morgan fingerprint density at radius 2 is 1.89 bits per heavy atom. The molecule has 2 heteroatoms. The van der Waals surface area contributed by atoms with Gasteiger partial charge in [0.05, 0.1) is 6.61 Å². The van der Waals surface area contributed by atoms with Crippen molar-refractivity contribution >= 4 is 15.9 Å². The Hall–Kier alpha value is -0.500. The summed E-state index contributed by atoms with van der Waals surface area (Å²) in [6, 6.07) is 6.53. The normalized spacial score (nSPS) is 13.4. The zero-order chi connectivity index (χ0) is 14.5. The number of aryl methyl sites for hydroxylation is 1. The van der Waals surface area contributed by atoms with Crippen molar-refractivity contribution in [2.24, 2.45) is 5.92 Å². The van der Waals surface area contributed by atoms with Crippen molar-refractivity contribution < 1.29 is 4.74 Å². The molecule has 1 aromatic rings. The minimum atomic E-state index is 0.129. The largest absolute Gasteiger partial charge is 0.493 e. The maximum atomic E-state index is 6.05. The van der Waals surface area contributed by atoms with Crippen molar-refractivity contribution in [1.82, 2.24) is 0 Å². The van der Waals surface area contributed by atoms with Crippen LogP contribution in [0.15, 0.2) is 18.2 Å². The molecule has 1 nitrogen and oxygen atoms in total. The molecule has 1 unspecified atom stereocenters. The fourth-order valence-corrected chi connectivity index (χ4v) is 2.85. The summed E-state index contributed by atoms with van der Waals surface area (Å²) in [6.45, 7) is 11.9. The number of hydrogen-bond acceptors (Lipinski definition) is 1. The first-order chi connectivity index (χ1) is 8.84. The van der Waals surface area contributed by atoms with Crippen LogP contribution >= 0.6 is 15.9 Å². The van der Waals surface area contributed by atoms with Crippen molar-refractivity contribution in [3.8, 4) is 5.75 Å². The monoisotopic (exact) mass is 326 g/mol. The standard InChI is InChI=1S/C17H27BrO/c1-13(8-10-18)9-11-19-16-12-14(2)6-7-15(16)17(3,4)5/h6-7,12-13H,8-11H2,1-5H3. The van der Waals surface area contributed by atoms with E-state index < -0.39 is 0 Å². The fourth-order valence-electron chi connectivity index (χ4n) is 2.07. The molecule has 0 fully saturated rings. The highest BCUT2D eigenvalue weighted by molar-refractivity contribution is 9.09. The van der Waals surface area contributed by atoms with Crippen LogP contribution in [0.25, 0.3) is 0 Å². The minimum Gasteiger partial charge on any atom is -0.493 e. The molecular weight excluding hydrogens is 300 g/mol. The second-order valence-corrected chi connectivity index (χ2v) is 7.26. The van der Waals surface area contributed by atoms with Crippen molar-refractivity contribution in [3.05, 3.63) is 29.3 Å². The lowest BCUT2D eigenvalue weighted by Crippen LogP contribution is -2.14. The summed E-state index contributed by atoms with van der Waals surface area (Å²) in [4.78, 5) is 0. The van der Waals surface area contributed by atoms with Gasteiger partial charge in [-0.05, 0) is 48.3 Å². The average molecular weight is 327 g/mol. The molecule has 0 saturated carbocycles. The molecule has 0 aliphatic heterocycles. The highest BCUT2D eigenvalue weighted by atomic mass is 79.9. The Kier molecular flexibility index (Phi) is 6.38. The Labute approximate surface area is 126 Å². The van der Waals surface area contributed by atoms with E-state index in [1.165, 1.54) is 17.5 Å². The second-order valence-electron chi connectivity index (χ2n) is 6.47. The van der Waals surface area contributed by atoms with E-state index in [4.69, 9.17) is 4.74 Å². The minimum absolute atomic E-state index is 0.129. The topological polar surface area (TPSA) is 9.23 Å². The summed E-state index contributed by atoms with van der Waals surface area (Å²) < 4.78 is 6.05. The molecule has 0 bridgehead atoms. The zero-order valence-corrected chi connectivity index (χ0v) is 14.5. The number of halogens is 1. The SMILES string of the molecule is Cc1ccc(C(C)(C)C)c(OCCC(C)CCBr)c1. The number of alkyl halides is 1. The molecule has 1 aromatic carbocycles. The third kappa shape index (κ3) is 5.56. The molecule has 0 heterocycles. The zero-order valence-electron chi connectivity index (χ0n) is 12.9. The third-order valence-corrected chi connectivity index (χ3v) is 3.87. The average Bonchev–Trinajstić information content (AvgIpc) is 2.27. The molecule has 1 rings (SSSR count). The molecule has 0 saturated heterocycles. The molecule has 0 aliphatic carbocycles. The lowest BCUT2D eigenvalue weighted by molar-refractivity contribution is 0.276. The highest BCUT2D eigenvalue weighted by Gasteiger charge is 2.19.